The number of alkyl halides is 3. The molecule has 0 aromatic rings. The molecular formula is C37H59Cl3N4O14. The summed E-state index contributed by atoms with van der Waals surface area (Å²) in [6.07, 6.45) is -8.05. The van der Waals surface area contributed by atoms with Crippen molar-refractivity contribution < 1.29 is 66.5 Å². The molecule has 0 saturated carbocycles. The van der Waals surface area contributed by atoms with E-state index in [4.69, 9.17) is 87.6 Å². The molecule has 2 rings (SSSR count). The lowest BCUT2D eigenvalue weighted by molar-refractivity contribution is -0.341. The van der Waals surface area contributed by atoms with Crippen LogP contribution in [0, 0.1) is 5.41 Å². The molecule has 2 heterocycles. The van der Waals surface area contributed by atoms with E-state index in [2.05, 4.69) is 10.0 Å². The van der Waals surface area contributed by atoms with Crippen molar-refractivity contribution in [3.63, 3.8) is 0 Å². The van der Waals surface area contributed by atoms with Gasteiger partial charge in [0.25, 0.3) is 3.79 Å². The van der Waals surface area contributed by atoms with E-state index < -0.39 is 88.9 Å². The summed E-state index contributed by atoms with van der Waals surface area (Å²) >= 11 is 17.9. The number of hydrogen-bond acceptors (Lipinski definition) is 16. The summed E-state index contributed by atoms with van der Waals surface area (Å²) in [4.78, 5) is 54.1. The number of halogens is 3. The third-order valence-corrected chi connectivity index (χ3v) is 9.39. The van der Waals surface area contributed by atoms with Gasteiger partial charge >= 0.3 is 17.9 Å². The van der Waals surface area contributed by atoms with Gasteiger partial charge in [-0.1, -0.05) is 93.3 Å². The van der Waals surface area contributed by atoms with Crippen LogP contribution in [0.4, 0.5) is 0 Å². The zero-order chi connectivity index (χ0) is 43.3. The van der Waals surface area contributed by atoms with Crippen molar-refractivity contribution in [2.75, 3.05) is 33.0 Å². The first-order valence-electron chi connectivity index (χ1n) is 19.8. The fourth-order valence-electron chi connectivity index (χ4n) is 5.79. The van der Waals surface area contributed by atoms with Crippen LogP contribution < -0.4 is 0 Å². The number of unbranched alkanes of at least 4 members (excludes halogenated alkanes) is 4. The molecule has 2 aliphatic rings. The Morgan fingerprint density at radius 1 is 0.724 bits per heavy atom. The maximum Gasteiger partial charge on any atom is 0.338 e. The number of esters is 3. The van der Waals surface area contributed by atoms with E-state index in [1.165, 1.54) is 13.8 Å². The van der Waals surface area contributed by atoms with Crippen molar-refractivity contribution in [1.82, 2.24) is 0 Å². The molecule has 332 valence electrons. The molecule has 0 amide bonds. The summed E-state index contributed by atoms with van der Waals surface area (Å²) in [5.41, 5.74) is 9.85. The summed E-state index contributed by atoms with van der Waals surface area (Å²) in [6.45, 7) is 10.5. The summed E-state index contributed by atoms with van der Waals surface area (Å²) in [5, 5.41) is 12.3. The molecule has 18 nitrogen and oxygen atoms in total. The zero-order valence-electron chi connectivity index (χ0n) is 34.1. The molecule has 21 heteroatoms. The fourth-order valence-corrected chi connectivity index (χ4v) is 5.92. The SMILES string of the molecule is CCCCOC(=O)[C@@H]1O[C@H](OC(=N)C(Cl)(Cl)Cl)C(OC(=O)CCC(C)=O)C(OCCCC)[C@@H]1O[C@H]1O[C@@H](COC(C)=O)[C@@H](OCCCC)C(OCCCC)C1N=[N+]=[N-]. The number of Topliss-reactive ketones (excluding diaryl/α,β-unsaturated/α-hetero) is 1. The third kappa shape index (κ3) is 17.2. The number of ketones is 1. The zero-order valence-corrected chi connectivity index (χ0v) is 36.3. The van der Waals surface area contributed by atoms with E-state index >= 15 is 0 Å². The van der Waals surface area contributed by atoms with E-state index in [9.17, 15) is 24.7 Å². The van der Waals surface area contributed by atoms with Gasteiger partial charge in [0.05, 0.1) is 19.1 Å². The highest BCUT2D eigenvalue weighted by molar-refractivity contribution is 6.76. The van der Waals surface area contributed by atoms with Gasteiger partial charge in [-0.25, -0.2) is 4.79 Å². The van der Waals surface area contributed by atoms with Gasteiger partial charge in [0.15, 0.2) is 18.5 Å². The van der Waals surface area contributed by atoms with Crippen molar-refractivity contribution in [1.29, 1.82) is 5.41 Å². The van der Waals surface area contributed by atoms with Crippen LogP contribution in [0.3, 0.4) is 0 Å². The molecular weight excluding hydrogens is 831 g/mol. The smallest absolute Gasteiger partial charge is 0.338 e. The summed E-state index contributed by atoms with van der Waals surface area (Å²) < 4.78 is 58.0. The van der Waals surface area contributed by atoms with Gasteiger partial charge in [-0.15, -0.1) is 0 Å². The quantitative estimate of drug-likeness (QED) is 0.0111. The first-order chi connectivity index (χ1) is 27.6. The number of azide groups is 1. The Morgan fingerprint density at radius 3 is 1.83 bits per heavy atom. The second-order valence-corrected chi connectivity index (χ2v) is 16.0. The number of ether oxygens (including phenoxy) is 10. The fraction of sp³-hybridized carbons (Fsp3) is 0.865. The predicted octanol–water partition coefficient (Wildman–Crippen LogP) is 6.61. The second-order valence-electron chi connectivity index (χ2n) is 13.8. The van der Waals surface area contributed by atoms with Gasteiger partial charge < -0.3 is 52.2 Å². The van der Waals surface area contributed by atoms with E-state index in [0.29, 0.717) is 38.5 Å². The molecule has 0 aromatic carbocycles. The van der Waals surface area contributed by atoms with Gasteiger partial charge in [0, 0.05) is 38.1 Å². The maximum absolute atomic E-state index is 14.0. The van der Waals surface area contributed by atoms with Crippen LogP contribution in [0.5, 0.6) is 0 Å². The second kappa shape index (κ2) is 27.4. The van der Waals surface area contributed by atoms with Crippen molar-refractivity contribution >= 4 is 64.4 Å². The van der Waals surface area contributed by atoms with Crippen LogP contribution in [0.15, 0.2) is 5.11 Å². The lowest BCUT2D eigenvalue weighted by Gasteiger charge is -2.48. The van der Waals surface area contributed by atoms with Gasteiger partial charge in [0.1, 0.15) is 42.8 Å². The Kier molecular flexibility index (Phi) is 24.4. The average Bonchev–Trinajstić information content (AvgIpc) is 3.16. The Labute approximate surface area is 354 Å². The number of carbonyl (C=O) groups is 4. The van der Waals surface area contributed by atoms with Gasteiger partial charge in [-0.2, -0.15) is 0 Å². The minimum Gasteiger partial charge on any atom is -0.464 e. The lowest BCUT2D eigenvalue weighted by atomic mass is 9.95. The highest BCUT2D eigenvalue weighted by Gasteiger charge is 2.57. The third-order valence-electron chi connectivity index (χ3n) is 8.88. The number of nitrogens with zero attached hydrogens (tertiary/aromatic N) is 3. The summed E-state index contributed by atoms with van der Waals surface area (Å²) in [5.74, 6) is -3.67. The Bertz CT molecular complexity index is 1350. The molecule has 58 heavy (non-hydrogen) atoms. The molecule has 2 saturated heterocycles. The minimum atomic E-state index is -2.41. The molecule has 2 fully saturated rings. The van der Waals surface area contributed by atoms with Crippen LogP contribution >= 0.6 is 34.8 Å². The van der Waals surface area contributed by atoms with Crippen LogP contribution in [0.1, 0.15) is 106 Å². The largest absolute Gasteiger partial charge is 0.464 e. The number of nitrogens with one attached hydrogen (secondary N) is 1. The van der Waals surface area contributed by atoms with Gasteiger partial charge in [0.2, 0.25) is 12.2 Å². The van der Waals surface area contributed by atoms with Gasteiger partial charge in [-0.05, 0) is 38.1 Å². The molecule has 0 spiro atoms. The number of carbonyl (C=O) groups excluding carboxylic acids is 4. The summed E-state index contributed by atoms with van der Waals surface area (Å²) in [6, 6.07) is -1.28. The Hall–Kier alpha value is -2.51. The highest BCUT2D eigenvalue weighted by Crippen LogP contribution is 2.37. The molecule has 10 atom stereocenters. The van der Waals surface area contributed by atoms with E-state index in [1.54, 1.807) is 0 Å². The van der Waals surface area contributed by atoms with Crippen LogP contribution in [0.2, 0.25) is 0 Å². The van der Waals surface area contributed by atoms with Gasteiger partial charge in [-0.3, -0.25) is 15.0 Å². The standard InChI is InChI=1S/C37H59Cl3N4O14/c1-7-11-17-49-27-24(21-53-23(6)46)54-34(26(43-44-42)28(27)50-18-12-8-2)56-30-29(51-19-13-9-3)32(55-25(47)16-15-22(5)45)35(58-36(41)37(38,39)40)57-31(30)33(48)52-20-14-10-4/h24,26-32,34-35,41H,7-21H2,1-6H3/t24-,26?,27+,28?,29?,30-,31+,32?,34+,35+/m0/s1. The van der Waals surface area contributed by atoms with Crippen LogP contribution in [0.25, 0.3) is 10.4 Å². The van der Waals surface area contributed by atoms with Crippen molar-refractivity contribution in [3.05, 3.63) is 10.4 Å². The van der Waals surface area contributed by atoms with Crippen LogP contribution in [-0.2, 0) is 66.5 Å². The van der Waals surface area contributed by atoms with Crippen molar-refractivity contribution in [3.8, 4) is 0 Å². The van der Waals surface area contributed by atoms with E-state index in [-0.39, 0.29) is 51.7 Å². The highest BCUT2D eigenvalue weighted by atomic mass is 35.6. The Morgan fingerprint density at radius 2 is 1.29 bits per heavy atom. The lowest BCUT2D eigenvalue weighted by Crippen LogP contribution is -2.67. The van der Waals surface area contributed by atoms with E-state index in [1.807, 2.05) is 27.7 Å². The molecule has 0 radical (unpaired) electrons. The predicted molar refractivity (Wildman–Crippen MR) is 210 cm³/mol. The molecule has 2 aliphatic heterocycles. The molecule has 0 aliphatic carbocycles. The number of rotatable bonds is 26. The topological polar surface area (TPSA) is 233 Å². The first kappa shape index (κ1) is 51.6. The summed E-state index contributed by atoms with van der Waals surface area (Å²) in [7, 11) is 0. The monoisotopic (exact) mass is 888 g/mol. The molecule has 1 N–H and O–H groups in total. The average molecular weight is 890 g/mol. The molecule has 4 unspecified atom stereocenters. The first-order valence-corrected chi connectivity index (χ1v) is 20.9. The Balaban J connectivity index is 2.82. The van der Waals surface area contributed by atoms with Crippen LogP contribution in [-0.4, -0.2) is 128 Å². The maximum atomic E-state index is 14.0. The van der Waals surface area contributed by atoms with E-state index in [0.717, 1.165) is 12.8 Å². The minimum absolute atomic E-state index is 0.0158. The van der Waals surface area contributed by atoms with Crippen molar-refractivity contribution in [2.24, 2.45) is 5.11 Å². The molecule has 0 aromatic heterocycles. The van der Waals surface area contributed by atoms with Crippen molar-refractivity contribution in [2.45, 2.75) is 171 Å². The molecule has 0 bridgehead atoms. The normalized spacial score (nSPS) is 27.2. The number of hydrogen-bond donors (Lipinski definition) is 1.